The number of nitrogens with zero attached hydrogens (tertiary/aromatic N) is 5. The van der Waals surface area contributed by atoms with Gasteiger partial charge < -0.3 is 9.09 Å². The number of halogens is 3. The average molecular weight is 572 g/mol. The van der Waals surface area contributed by atoms with Crippen molar-refractivity contribution in [2.75, 3.05) is 0 Å². The number of rotatable bonds is 6. The fourth-order valence-corrected chi connectivity index (χ4v) is 6.58. The van der Waals surface area contributed by atoms with Gasteiger partial charge in [0.2, 0.25) is 0 Å². The summed E-state index contributed by atoms with van der Waals surface area (Å²) in [6.07, 6.45) is 2.38. The lowest BCUT2D eigenvalue weighted by Gasteiger charge is -2.48. The molecule has 4 heterocycles. The summed E-state index contributed by atoms with van der Waals surface area (Å²) in [4.78, 5) is 4.93. The first-order valence-electron chi connectivity index (χ1n) is 14.5. The minimum atomic E-state index is -4.38. The maximum absolute atomic E-state index is 13.2. The van der Waals surface area contributed by atoms with Crippen LogP contribution in [0.3, 0.4) is 0 Å². The van der Waals surface area contributed by atoms with E-state index in [4.69, 9.17) is 9.51 Å². The number of benzene rings is 1. The highest BCUT2D eigenvalue weighted by atomic mass is 19.4. The normalized spacial score (nSPS) is 13.9. The fourth-order valence-electron chi connectivity index (χ4n) is 6.58. The summed E-state index contributed by atoms with van der Waals surface area (Å²) < 4.78 is 48.3. The Bertz CT molecular complexity index is 1850. The van der Waals surface area contributed by atoms with Gasteiger partial charge in [-0.25, -0.2) is 0 Å². The second-order valence-electron chi connectivity index (χ2n) is 13.1. The van der Waals surface area contributed by atoms with Gasteiger partial charge in [-0.2, -0.15) is 18.3 Å². The van der Waals surface area contributed by atoms with Crippen LogP contribution in [0.25, 0.3) is 33.3 Å². The summed E-state index contributed by atoms with van der Waals surface area (Å²) in [6, 6.07) is 2.10. The molecule has 0 bridgehead atoms. The molecule has 43 heavy (non-hydrogen) atoms. The quantitative estimate of drug-likeness (QED) is 0.190. The summed E-state index contributed by atoms with van der Waals surface area (Å²) in [5, 5.41) is 7.91. The Balaban J connectivity index is 1.89. The van der Waals surface area contributed by atoms with E-state index in [1.165, 1.54) is 45.3 Å². The van der Waals surface area contributed by atoms with E-state index >= 15 is 0 Å². The number of aryl methyl sites for hydroxylation is 2. The van der Waals surface area contributed by atoms with Crippen LogP contribution >= 0.6 is 0 Å². The lowest BCUT2D eigenvalue weighted by Crippen LogP contribution is -2.63. The smallest absolute Gasteiger partial charge is 0.361 e. The molecule has 0 saturated carbocycles. The molecule has 1 aromatic carbocycles. The maximum atomic E-state index is 13.2. The first kappa shape index (κ1) is 31.1. The highest BCUT2D eigenvalue weighted by Gasteiger charge is 2.43. The number of alkyl halides is 3. The number of aromatic nitrogens is 5. The zero-order valence-corrected chi connectivity index (χ0v) is 26.9. The fraction of sp³-hybridized carbons (Fsp3) is 0.240. The molecule has 1 unspecified atom stereocenters. The summed E-state index contributed by atoms with van der Waals surface area (Å²) in [6.45, 7) is 2.62. The lowest BCUT2D eigenvalue weighted by molar-refractivity contribution is -0.142. The Hall–Kier alpha value is -3.30. The standard InChI is InChI=1S/C25H31B9F3N5O/c1-9-15(10(2)43-40-9)11-3-14-22(38-4-11)13(12-5-39-41(6-12)8-23(35,36)37)7-42(14)24(31,25(32,33)34)16-17(26)19(28)21(30)20(29)18(16)27/h3-7H,8,26-34H2,1-2H3. The topological polar surface area (TPSA) is 61.7 Å². The first-order valence-corrected chi connectivity index (χ1v) is 14.5. The van der Waals surface area contributed by atoms with Crippen LogP contribution in [0.15, 0.2) is 35.4 Å². The molecular formula is C25H31B9F3N5O. The van der Waals surface area contributed by atoms with Crippen LogP contribution in [0.2, 0.25) is 5.11 Å². The summed E-state index contributed by atoms with van der Waals surface area (Å²) in [7, 11) is 19.9. The zero-order valence-electron chi connectivity index (χ0n) is 26.9. The Labute approximate surface area is 258 Å². The van der Waals surface area contributed by atoms with Crippen molar-refractivity contribution < 1.29 is 17.7 Å². The first-order chi connectivity index (χ1) is 19.9. The van der Waals surface area contributed by atoms with Gasteiger partial charge in [0.15, 0.2) is 0 Å². The van der Waals surface area contributed by atoms with Crippen molar-refractivity contribution in [3.8, 4) is 22.3 Å². The molecule has 0 aliphatic rings. The van der Waals surface area contributed by atoms with Crippen molar-refractivity contribution >= 4 is 109 Å². The van der Waals surface area contributed by atoms with Crippen molar-refractivity contribution in [2.24, 2.45) is 0 Å². The van der Waals surface area contributed by atoms with E-state index in [0.29, 0.717) is 16.8 Å². The molecule has 0 N–H and O–H groups in total. The molecule has 0 radical (unpaired) electrons. The number of hydrogen-bond donors (Lipinski definition) is 0. The predicted octanol–water partition coefficient (Wildman–Crippen LogP) is -6.67. The Morgan fingerprint density at radius 2 is 1.44 bits per heavy atom. The van der Waals surface area contributed by atoms with Gasteiger partial charge in [0.1, 0.15) is 59.4 Å². The lowest BCUT2D eigenvalue weighted by atomic mass is 9.28. The van der Waals surface area contributed by atoms with Gasteiger partial charge in [0.05, 0.1) is 46.5 Å². The zero-order chi connectivity index (χ0) is 31.8. The molecule has 0 fully saturated rings. The second kappa shape index (κ2) is 10.4. The van der Waals surface area contributed by atoms with Crippen LogP contribution in [0.1, 0.15) is 17.0 Å². The van der Waals surface area contributed by atoms with Gasteiger partial charge >= 0.3 is 6.18 Å². The maximum Gasteiger partial charge on any atom is 0.408 e. The number of fused-ring (bicyclic) bond motifs is 1. The van der Waals surface area contributed by atoms with Gasteiger partial charge in [-0.15, -0.1) is 16.4 Å². The van der Waals surface area contributed by atoms with Crippen molar-refractivity contribution in [2.45, 2.75) is 37.1 Å². The summed E-state index contributed by atoms with van der Waals surface area (Å²) >= 11 is 0. The van der Waals surface area contributed by atoms with Gasteiger partial charge in [-0.3, -0.25) is 9.67 Å². The number of pyridine rings is 1. The molecule has 0 saturated heterocycles. The van der Waals surface area contributed by atoms with Crippen molar-refractivity contribution in [3.05, 3.63) is 47.9 Å². The van der Waals surface area contributed by atoms with Gasteiger partial charge in [-0.1, -0.05) is 21.2 Å². The molecule has 5 rings (SSSR count). The van der Waals surface area contributed by atoms with E-state index in [0.717, 1.165) is 32.6 Å². The average Bonchev–Trinajstić information content (AvgIpc) is 3.61. The Morgan fingerprint density at radius 1 is 0.837 bits per heavy atom. The van der Waals surface area contributed by atoms with Crippen LogP contribution in [0, 0.1) is 13.8 Å². The molecule has 0 spiro atoms. The monoisotopic (exact) mass is 573 g/mol. The van der Waals surface area contributed by atoms with Crippen LogP contribution < -0.4 is 27.3 Å². The Kier molecular flexibility index (Phi) is 7.54. The number of hydrogen-bond acceptors (Lipinski definition) is 4. The van der Waals surface area contributed by atoms with E-state index < -0.39 is 18.2 Å². The third-order valence-electron chi connectivity index (χ3n) is 9.68. The minimum absolute atomic E-state index is 0.292. The van der Waals surface area contributed by atoms with Crippen LogP contribution in [0.5, 0.6) is 0 Å². The molecule has 1 atom stereocenters. The third kappa shape index (κ3) is 5.04. The van der Waals surface area contributed by atoms with E-state index in [1.807, 2.05) is 20.0 Å². The molecule has 4 aromatic heterocycles. The second-order valence-corrected chi connectivity index (χ2v) is 13.1. The van der Waals surface area contributed by atoms with Crippen molar-refractivity contribution in [1.29, 1.82) is 0 Å². The van der Waals surface area contributed by atoms with Crippen LogP contribution in [0.4, 0.5) is 13.2 Å². The van der Waals surface area contributed by atoms with Crippen molar-refractivity contribution in [1.82, 2.24) is 24.5 Å². The van der Waals surface area contributed by atoms with Gasteiger partial charge in [-0.05, 0) is 25.5 Å². The summed E-state index contributed by atoms with van der Waals surface area (Å²) in [5.74, 6) is 0.695. The van der Waals surface area contributed by atoms with E-state index in [1.54, 1.807) is 6.20 Å². The molecule has 0 aliphatic heterocycles. The largest absolute Gasteiger partial charge is 0.408 e. The molecule has 18 heteroatoms. The molecule has 0 aliphatic carbocycles. The van der Waals surface area contributed by atoms with E-state index in [2.05, 4.69) is 91.5 Å². The molecule has 210 valence electrons. The molecule has 6 nitrogen and oxygen atoms in total. The van der Waals surface area contributed by atoms with Crippen molar-refractivity contribution in [3.63, 3.8) is 0 Å². The highest BCUT2D eigenvalue weighted by molar-refractivity contribution is 6.69. The Morgan fingerprint density at radius 3 is 1.98 bits per heavy atom. The molecular weight excluding hydrogens is 541 g/mol. The minimum Gasteiger partial charge on any atom is -0.361 e. The molecule has 5 aromatic rings. The van der Waals surface area contributed by atoms with Crippen LogP contribution in [-0.4, -0.2) is 101 Å². The summed E-state index contributed by atoms with van der Waals surface area (Å²) in [5.41, 5.74) is 12.3. The van der Waals surface area contributed by atoms with Gasteiger partial charge in [0.25, 0.3) is 0 Å². The SMILES string of the molecule is Bc1c(B)c(B)c(C(B)(n2cc(-c3cnn(CC(F)(F)F)c3)c3ncc(-c4c(C)noc4C)cc32)C(B)(B)B)c(B)c1B. The third-order valence-corrected chi connectivity index (χ3v) is 9.68. The molecule has 0 amide bonds. The van der Waals surface area contributed by atoms with E-state index in [-0.39, 0.29) is 5.11 Å². The highest BCUT2D eigenvalue weighted by Crippen LogP contribution is 2.43. The van der Waals surface area contributed by atoms with Crippen LogP contribution in [-0.2, 0) is 12.0 Å². The predicted molar refractivity (Wildman–Crippen MR) is 193 cm³/mol. The van der Waals surface area contributed by atoms with Gasteiger partial charge in [0, 0.05) is 46.3 Å². The van der Waals surface area contributed by atoms with E-state index in [9.17, 15) is 13.2 Å².